The summed E-state index contributed by atoms with van der Waals surface area (Å²) in [5, 5.41) is 18.2. The van der Waals surface area contributed by atoms with Gasteiger partial charge in [-0.2, -0.15) is 0 Å². The highest BCUT2D eigenvalue weighted by molar-refractivity contribution is 6.27. The standard InChI is InChI=1S/C54H32/c1-2-13-42-33(7-1)8-5-14-44(42)46-15-6-16-47(45-30-26-41-24-22-36-10-4-12-38-28-32-49(45)54(41)51(36)38)52(46)39-19-17-34(18-20-39)43-29-25-40-23-21-35-9-3-11-37-27-31-48(43)53(40)50(35)37/h1-32H. The van der Waals surface area contributed by atoms with Crippen molar-refractivity contribution in [3.63, 3.8) is 0 Å². The zero-order valence-electron chi connectivity index (χ0n) is 29.5. The van der Waals surface area contributed by atoms with Crippen molar-refractivity contribution in [3.05, 3.63) is 194 Å². The fraction of sp³-hybridized carbons (Fsp3) is 0. The van der Waals surface area contributed by atoms with E-state index in [1.807, 2.05) is 0 Å². The third-order valence-corrected chi connectivity index (χ3v) is 12.0. The van der Waals surface area contributed by atoms with E-state index in [4.69, 9.17) is 0 Å². The Morgan fingerprint density at radius 3 is 1.20 bits per heavy atom. The highest BCUT2D eigenvalue weighted by Gasteiger charge is 2.20. The van der Waals surface area contributed by atoms with Crippen LogP contribution >= 0.6 is 0 Å². The molecular weight excluding hydrogens is 649 g/mol. The van der Waals surface area contributed by atoms with Gasteiger partial charge in [-0.05, 0) is 120 Å². The Bertz CT molecular complexity index is 3380. The van der Waals surface area contributed by atoms with Crippen LogP contribution in [0.1, 0.15) is 0 Å². The molecule has 54 heavy (non-hydrogen) atoms. The summed E-state index contributed by atoms with van der Waals surface area (Å²) in [7, 11) is 0. The molecule has 0 N–H and O–H groups in total. The first kappa shape index (κ1) is 29.5. The lowest BCUT2D eigenvalue weighted by Crippen LogP contribution is -1.93. The molecule has 0 heterocycles. The van der Waals surface area contributed by atoms with E-state index in [0.717, 1.165) is 0 Å². The highest BCUT2D eigenvalue weighted by Crippen LogP contribution is 2.47. The second-order valence-electron chi connectivity index (χ2n) is 14.8. The summed E-state index contributed by atoms with van der Waals surface area (Å²) in [6.07, 6.45) is 0. The summed E-state index contributed by atoms with van der Waals surface area (Å²) in [6.45, 7) is 0. The normalized spacial score (nSPS) is 12.1. The summed E-state index contributed by atoms with van der Waals surface area (Å²) in [4.78, 5) is 0. The van der Waals surface area contributed by atoms with E-state index in [1.165, 1.54) is 120 Å². The van der Waals surface area contributed by atoms with Gasteiger partial charge < -0.3 is 0 Å². The predicted octanol–water partition coefficient (Wildman–Crippen LogP) is 15.3. The Hall–Kier alpha value is -7.02. The Kier molecular flexibility index (Phi) is 6.15. The third kappa shape index (κ3) is 4.20. The minimum absolute atomic E-state index is 1.21. The molecule has 0 radical (unpaired) electrons. The van der Waals surface area contributed by atoms with Crippen molar-refractivity contribution in [2.75, 3.05) is 0 Å². The summed E-state index contributed by atoms with van der Waals surface area (Å²) < 4.78 is 0. The maximum atomic E-state index is 2.34. The number of hydrogen-bond donors (Lipinski definition) is 0. The lowest BCUT2D eigenvalue weighted by atomic mass is 9.83. The number of hydrogen-bond acceptors (Lipinski definition) is 0. The van der Waals surface area contributed by atoms with E-state index in [1.54, 1.807) is 0 Å². The molecule has 0 unspecified atom stereocenters. The van der Waals surface area contributed by atoms with Gasteiger partial charge in [0.1, 0.15) is 0 Å². The molecule has 0 amide bonds. The van der Waals surface area contributed by atoms with Crippen LogP contribution in [0.15, 0.2) is 194 Å². The van der Waals surface area contributed by atoms with E-state index >= 15 is 0 Å². The molecule has 0 atom stereocenters. The molecule has 0 heteroatoms. The van der Waals surface area contributed by atoms with Crippen molar-refractivity contribution >= 4 is 75.4 Å². The predicted molar refractivity (Wildman–Crippen MR) is 233 cm³/mol. The first-order valence-electron chi connectivity index (χ1n) is 18.8. The number of rotatable bonds is 4. The fourth-order valence-electron chi connectivity index (χ4n) is 9.55. The minimum Gasteiger partial charge on any atom is -0.0616 e. The van der Waals surface area contributed by atoms with Crippen LogP contribution < -0.4 is 0 Å². The van der Waals surface area contributed by atoms with Crippen molar-refractivity contribution in [2.24, 2.45) is 0 Å². The second kappa shape index (κ2) is 11.2. The monoisotopic (exact) mass is 680 g/mol. The average molecular weight is 681 g/mol. The van der Waals surface area contributed by atoms with Crippen LogP contribution in [-0.4, -0.2) is 0 Å². The third-order valence-electron chi connectivity index (χ3n) is 12.0. The molecule has 0 aliphatic carbocycles. The SMILES string of the molecule is c1cc(-c2cccc3ccccc23)c(-c2ccc(-c3ccc4ccc5cccc6ccc3c4c56)cc2)c(-c2ccc3ccc4cccc5ccc2c3c45)c1. The van der Waals surface area contributed by atoms with E-state index in [9.17, 15) is 0 Å². The van der Waals surface area contributed by atoms with Crippen LogP contribution in [0.2, 0.25) is 0 Å². The Morgan fingerprint density at radius 2 is 0.574 bits per heavy atom. The number of fused-ring (bicyclic) bond motifs is 1. The molecule has 0 saturated carbocycles. The molecule has 0 nitrogen and oxygen atoms in total. The zero-order chi connectivity index (χ0) is 35.3. The molecular formula is C54H32. The highest BCUT2D eigenvalue weighted by atomic mass is 14.2. The van der Waals surface area contributed by atoms with Gasteiger partial charge in [0, 0.05) is 0 Å². The summed E-state index contributed by atoms with van der Waals surface area (Å²) in [5.41, 5.74) is 9.95. The molecule has 248 valence electrons. The maximum absolute atomic E-state index is 2.34. The largest absolute Gasteiger partial charge is 0.0616 e. The summed E-state index contributed by atoms with van der Waals surface area (Å²) >= 11 is 0. The van der Waals surface area contributed by atoms with Gasteiger partial charge in [-0.25, -0.2) is 0 Å². The van der Waals surface area contributed by atoms with Crippen molar-refractivity contribution in [1.82, 2.24) is 0 Å². The van der Waals surface area contributed by atoms with Crippen LogP contribution in [0.25, 0.3) is 120 Å². The van der Waals surface area contributed by atoms with Crippen molar-refractivity contribution in [3.8, 4) is 44.5 Å². The molecule has 0 aromatic heterocycles. The first-order valence-corrected chi connectivity index (χ1v) is 18.8. The first-order chi connectivity index (χ1) is 26.8. The van der Waals surface area contributed by atoms with E-state index < -0.39 is 0 Å². The lowest BCUT2D eigenvalue weighted by Gasteiger charge is -2.20. The molecule has 12 rings (SSSR count). The van der Waals surface area contributed by atoms with Crippen LogP contribution in [0.4, 0.5) is 0 Å². The van der Waals surface area contributed by atoms with E-state index in [2.05, 4.69) is 194 Å². The maximum Gasteiger partial charge on any atom is -0.00206 e. The second-order valence-corrected chi connectivity index (χ2v) is 14.8. The molecule has 0 fully saturated rings. The molecule has 0 aliphatic rings. The van der Waals surface area contributed by atoms with Gasteiger partial charge >= 0.3 is 0 Å². The quantitative estimate of drug-likeness (QED) is 0.162. The van der Waals surface area contributed by atoms with Crippen LogP contribution in [0, 0.1) is 0 Å². The molecule has 0 bridgehead atoms. The molecule has 0 aliphatic heterocycles. The van der Waals surface area contributed by atoms with Crippen molar-refractivity contribution in [1.29, 1.82) is 0 Å². The number of benzene rings is 12. The average Bonchev–Trinajstić information content (AvgIpc) is 3.24. The van der Waals surface area contributed by atoms with Gasteiger partial charge in [0.2, 0.25) is 0 Å². The molecule has 12 aromatic rings. The topological polar surface area (TPSA) is 0 Å². The summed E-state index contributed by atoms with van der Waals surface area (Å²) in [5.74, 6) is 0. The Morgan fingerprint density at radius 1 is 0.185 bits per heavy atom. The van der Waals surface area contributed by atoms with E-state index in [-0.39, 0.29) is 0 Å². The molecule has 12 aromatic carbocycles. The van der Waals surface area contributed by atoms with Crippen molar-refractivity contribution < 1.29 is 0 Å². The Labute approximate surface area is 312 Å². The molecule has 0 spiro atoms. The van der Waals surface area contributed by atoms with Gasteiger partial charge in [-0.3, -0.25) is 0 Å². The summed E-state index contributed by atoms with van der Waals surface area (Å²) in [6, 6.07) is 72.5. The minimum atomic E-state index is 1.21. The van der Waals surface area contributed by atoms with Crippen LogP contribution in [0.3, 0.4) is 0 Å². The smallest absolute Gasteiger partial charge is 0.00206 e. The van der Waals surface area contributed by atoms with Gasteiger partial charge in [-0.1, -0.05) is 194 Å². The van der Waals surface area contributed by atoms with Crippen LogP contribution in [0.5, 0.6) is 0 Å². The van der Waals surface area contributed by atoms with Gasteiger partial charge in [-0.15, -0.1) is 0 Å². The van der Waals surface area contributed by atoms with Gasteiger partial charge in [0.05, 0.1) is 0 Å². The van der Waals surface area contributed by atoms with Crippen molar-refractivity contribution in [2.45, 2.75) is 0 Å². The fourth-order valence-corrected chi connectivity index (χ4v) is 9.55. The van der Waals surface area contributed by atoms with Crippen LogP contribution in [-0.2, 0) is 0 Å². The van der Waals surface area contributed by atoms with E-state index in [0.29, 0.717) is 0 Å². The van der Waals surface area contributed by atoms with Gasteiger partial charge in [0.25, 0.3) is 0 Å². The molecule has 0 saturated heterocycles. The zero-order valence-corrected chi connectivity index (χ0v) is 29.5. The Balaban J connectivity index is 1.11. The van der Waals surface area contributed by atoms with Gasteiger partial charge in [0.15, 0.2) is 0 Å². The lowest BCUT2D eigenvalue weighted by molar-refractivity contribution is 1.58.